The van der Waals surface area contributed by atoms with Crippen LogP contribution in [-0.2, 0) is 26.1 Å². The van der Waals surface area contributed by atoms with Gasteiger partial charge in [0.05, 0.1) is 29.3 Å². The Morgan fingerprint density at radius 3 is 2.50 bits per heavy atom. The molecule has 34 heavy (non-hydrogen) atoms. The van der Waals surface area contributed by atoms with Crippen molar-refractivity contribution < 1.29 is 27.2 Å². The van der Waals surface area contributed by atoms with Gasteiger partial charge in [0.2, 0.25) is 10.0 Å². The largest absolute Gasteiger partial charge is 0.468 e. The molecular weight excluding hydrogens is 456 g/mol. The summed E-state index contributed by atoms with van der Waals surface area (Å²) in [6.07, 6.45) is 3.06. The maximum atomic E-state index is 12.6. The summed E-state index contributed by atoms with van der Waals surface area (Å²) >= 11 is 0. The lowest BCUT2D eigenvalue weighted by molar-refractivity contribution is -0.125. The fourth-order valence-electron chi connectivity index (χ4n) is 3.39. The van der Waals surface area contributed by atoms with Gasteiger partial charge >= 0.3 is 5.97 Å². The van der Waals surface area contributed by atoms with E-state index in [1.807, 2.05) is 37.3 Å². The first-order valence-corrected chi connectivity index (χ1v) is 12.4. The molecule has 1 atom stereocenters. The fraction of sp³-hybridized carbons (Fsp3) is 0.280. The van der Waals surface area contributed by atoms with Crippen molar-refractivity contribution in [2.24, 2.45) is 0 Å². The van der Waals surface area contributed by atoms with Crippen molar-refractivity contribution in [3.05, 3.63) is 89.4 Å². The minimum atomic E-state index is -3.89. The summed E-state index contributed by atoms with van der Waals surface area (Å²) in [4.78, 5) is 25.0. The van der Waals surface area contributed by atoms with Gasteiger partial charge in [-0.3, -0.25) is 4.79 Å². The second-order valence-electron chi connectivity index (χ2n) is 7.78. The normalized spacial score (nSPS) is 12.2. The van der Waals surface area contributed by atoms with Crippen molar-refractivity contribution in [1.82, 2.24) is 10.0 Å². The lowest BCUT2D eigenvalue weighted by Gasteiger charge is -2.18. The Morgan fingerprint density at radius 2 is 1.82 bits per heavy atom. The van der Waals surface area contributed by atoms with Crippen LogP contribution in [0.1, 0.15) is 53.1 Å². The van der Waals surface area contributed by atoms with Gasteiger partial charge in [0.15, 0.2) is 6.61 Å². The van der Waals surface area contributed by atoms with Crippen molar-refractivity contribution in [1.29, 1.82) is 0 Å². The average molecular weight is 485 g/mol. The third-order valence-corrected chi connectivity index (χ3v) is 6.60. The van der Waals surface area contributed by atoms with Crippen LogP contribution in [0, 0.1) is 6.92 Å². The second kappa shape index (κ2) is 11.6. The van der Waals surface area contributed by atoms with Crippen molar-refractivity contribution in [3.63, 3.8) is 0 Å². The van der Waals surface area contributed by atoms with Gasteiger partial charge in [0, 0.05) is 0 Å². The lowest BCUT2D eigenvalue weighted by atomic mass is 10.0. The molecule has 1 unspecified atom stereocenters. The van der Waals surface area contributed by atoms with E-state index >= 15 is 0 Å². The van der Waals surface area contributed by atoms with Gasteiger partial charge < -0.3 is 14.5 Å². The van der Waals surface area contributed by atoms with E-state index in [0.717, 1.165) is 18.4 Å². The van der Waals surface area contributed by atoms with E-state index < -0.39 is 28.5 Å². The fourth-order valence-corrected chi connectivity index (χ4v) is 4.41. The number of carbonyl (C=O) groups is 2. The molecular formula is C25H28N2O6S. The Hall–Kier alpha value is -3.43. The number of nitrogens with one attached hydrogen (secondary N) is 2. The summed E-state index contributed by atoms with van der Waals surface area (Å²) in [5.74, 6) is -0.752. The molecule has 3 aromatic rings. The quantitative estimate of drug-likeness (QED) is 0.399. The zero-order valence-corrected chi connectivity index (χ0v) is 19.9. The lowest BCUT2D eigenvalue weighted by Crippen LogP contribution is -2.32. The van der Waals surface area contributed by atoms with Crippen LogP contribution in [0.4, 0.5) is 0 Å². The summed E-state index contributed by atoms with van der Waals surface area (Å²) in [7, 11) is -3.89. The molecule has 0 saturated heterocycles. The van der Waals surface area contributed by atoms with E-state index in [0.29, 0.717) is 11.3 Å². The monoisotopic (exact) mass is 484 g/mol. The molecule has 3 rings (SSSR count). The Kier molecular flexibility index (Phi) is 8.61. The molecule has 0 aliphatic rings. The molecule has 0 saturated carbocycles. The summed E-state index contributed by atoms with van der Waals surface area (Å²) < 4.78 is 38.0. The van der Waals surface area contributed by atoms with Crippen LogP contribution in [0.2, 0.25) is 0 Å². The number of ether oxygens (including phenoxy) is 1. The van der Waals surface area contributed by atoms with Crippen LogP contribution in [0.5, 0.6) is 0 Å². The molecule has 0 spiro atoms. The Morgan fingerprint density at radius 1 is 1.06 bits per heavy atom. The molecule has 1 amide bonds. The first-order chi connectivity index (χ1) is 16.3. The molecule has 1 heterocycles. The highest BCUT2D eigenvalue weighted by Gasteiger charge is 2.20. The van der Waals surface area contributed by atoms with Crippen LogP contribution >= 0.6 is 0 Å². The zero-order chi connectivity index (χ0) is 24.6. The number of carbonyl (C=O) groups excluding carboxylic acids is 2. The topological polar surface area (TPSA) is 115 Å². The highest BCUT2D eigenvalue weighted by Crippen LogP contribution is 2.19. The molecule has 180 valence electrons. The van der Waals surface area contributed by atoms with Crippen molar-refractivity contribution >= 4 is 21.9 Å². The van der Waals surface area contributed by atoms with Crippen molar-refractivity contribution in [3.8, 4) is 0 Å². The van der Waals surface area contributed by atoms with Gasteiger partial charge in [0.25, 0.3) is 5.91 Å². The van der Waals surface area contributed by atoms with Gasteiger partial charge in [-0.05, 0) is 48.7 Å². The molecule has 8 nitrogen and oxygen atoms in total. The Labute approximate surface area is 199 Å². The van der Waals surface area contributed by atoms with Crippen molar-refractivity contribution in [2.75, 3.05) is 6.61 Å². The molecule has 0 radical (unpaired) electrons. The number of hydrogen-bond donors (Lipinski definition) is 2. The van der Waals surface area contributed by atoms with Gasteiger partial charge in [-0.2, -0.15) is 0 Å². The average Bonchev–Trinajstić information content (AvgIpc) is 3.36. The number of hydrogen-bond acceptors (Lipinski definition) is 6. The van der Waals surface area contributed by atoms with E-state index in [1.165, 1.54) is 24.5 Å². The number of rotatable bonds is 11. The van der Waals surface area contributed by atoms with Gasteiger partial charge in [-0.1, -0.05) is 49.7 Å². The molecule has 9 heteroatoms. The number of furan rings is 1. The number of amides is 1. The van der Waals surface area contributed by atoms with E-state index in [2.05, 4.69) is 10.0 Å². The van der Waals surface area contributed by atoms with Gasteiger partial charge in [0.1, 0.15) is 5.76 Å². The van der Waals surface area contributed by atoms with Crippen LogP contribution in [0.3, 0.4) is 0 Å². The Balaban J connectivity index is 1.63. The molecule has 0 bridgehead atoms. The summed E-state index contributed by atoms with van der Waals surface area (Å²) in [6.45, 7) is 3.19. The number of benzene rings is 2. The SMILES string of the molecule is CCCC(NC(=O)COC(=O)c1cc(S(=O)(=O)NCc2ccco2)ccc1C)c1ccccc1. The third-order valence-electron chi connectivity index (χ3n) is 5.20. The van der Waals surface area contributed by atoms with Gasteiger partial charge in [-0.15, -0.1) is 0 Å². The minimum Gasteiger partial charge on any atom is -0.468 e. The molecule has 2 aromatic carbocycles. The Bertz CT molecular complexity index is 1210. The standard InChI is InChI=1S/C25H28N2O6S/c1-3-8-23(19-9-5-4-6-10-19)27-24(28)17-33-25(29)22-15-21(13-12-18(22)2)34(30,31)26-16-20-11-7-14-32-20/h4-7,9-15,23,26H,3,8,16-17H2,1-2H3,(H,27,28). The van der Waals surface area contributed by atoms with Crippen LogP contribution < -0.4 is 10.0 Å². The summed E-state index contributed by atoms with van der Waals surface area (Å²) in [5, 5.41) is 2.89. The molecule has 0 fully saturated rings. The van der Waals surface area contributed by atoms with Crippen LogP contribution in [-0.4, -0.2) is 26.9 Å². The highest BCUT2D eigenvalue weighted by atomic mass is 32.2. The van der Waals surface area contributed by atoms with Crippen LogP contribution in [0.25, 0.3) is 0 Å². The molecule has 0 aliphatic heterocycles. The maximum absolute atomic E-state index is 12.6. The van der Waals surface area contributed by atoms with Crippen LogP contribution in [0.15, 0.2) is 76.2 Å². The zero-order valence-electron chi connectivity index (χ0n) is 19.1. The molecule has 2 N–H and O–H groups in total. The summed E-state index contributed by atoms with van der Waals surface area (Å²) in [5.41, 5.74) is 1.57. The summed E-state index contributed by atoms with van der Waals surface area (Å²) in [6, 6.07) is 16.8. The number of sulfonamides is 1. The van der Waals surface area contributed by atoms with E-state index in [4.69, 9.17) is 9.15 Å². The smallest absolute Gasteiger partial charge is 0.338 e. The second-order valence-corrected chi connectivity index (χ2v) is 9.54. The minimum absolute atomic E-state index is 0.0243. The van der Waals surface area contributed by atoms with E-state index in [9.17, 15) is 18.0 Å². The predicted molar refractivity (Wildman–Crippen MR) is 126 cm³/mol. The first-order valence-electron chi connectivity index (χ1n) is 10.9. The number of aryl methyl sites for hydroxylation is 1. The molecule has 1 aromatic heterocycles. The van der Waals surface area contributed by atoms with Gasteiger partial charge in [-0.25, -0.2) is 17.9 Å². The third kappa shape index (κ3) is 6.79. The van der Waals surface area contributed by atoms with E-state index in [-0.39, 0.29) is 23.0 Å². The maximum Gasteiger partial charge on any atom is 0.338 e. The number of esters is 1. The van der Waals surface area contributed by atoms with E-state index in [1.54, 1.807) is 19.1 Å². The first kappa shape index (κ1) is 25.2. The highest BCUT2D eigenvalue weighted by molar-refractivity contribution is 7.89. The predicted octanol–water partition coefficient (Wildman–Crippen LogP) is 3.88. The molecule has 0 aliphatic carbocycles. The van der Waals surface area contributed by atoms with Crippen molar-refractivity contribution in [2.45, 2.75) is 44.2 Å².